The fourth-order valence-corrected chi connectivity index (χ4v) is 5.48. The zero-order valence-corrected chi connectivity index (χ0v) is 16.3. The molecule has 2 aliphatic rings. The first-order chi connectivity index (χ1) is 11.6. The predicted octanol–water partition coefficient (Wildman–Crippen LogP) is 0.0159. The summed E-state index contributed by atoms with van der Waals surface area (Å²) in [5, 5.41) is 6.38. The van der Waals surface area contributed by atoms with E-state index in [4.69, 9.17) is 0 Å². The number of hydrogen-bond donors (Lipinski definition) is 2. The number of likely N-dealkylation sites (tertiary alicyclic amines) is 1. The Kier molecular flexibility index (Phi) is 8.65. The monoisotopic (exact) mass is 377 g/mol. The molecule has 140 valence electrons. The Bertz CT molecular complexity index is 486. The molecule has 2 rings (SSSR count). The van der Waals surface area contributed by atoms with Gasteiger partial charge in [-0.05, 0) is 25.9 Å². The lowest BCUT2D eigenvalue weighted by Crippen LogP contribution is -2.45. The Hall–Kier alpha value is -0.510. The molecule has 2 aliphatic heterocycles. The molecule has 0 radical (unpaired) electrons. The third-order valence-electron chi connectivity index (χ3n) is 4.41. The van der Waals surface area contributed by atoms with Gasteiger partial charge in [-0.1, -0.05) is 6.42 Å². The van der Waals surface area contributed by atoms with Crippen LogP contribution in [0.5, 0.6) is 0 Å². The van der Waals surface area contributed by atoms with Crippen molar-refractivity contribution in [3.05, 3.63) is 0 Å². The Morgan fingerprint density at radius 3 is 2.38 bits per heavy atom. The Labute approximate surface area is 150 Å². The summed E-state index contributed by atoms with van der Waals surface area (Å²) in [5.74, 6) is 2.58. The third kappa shape index (κ3) is 6.78. The van der Waals surface area contributed by atoms with Gasteiger partial charge in [-0.3, -0.25) is 4.99 Å². The number of aliphatic imine (C=N–C) groups is 1. The molecule has 0 aliphatic carbocycles. The number of nitrogens with one attached hydrogen (secondary N) is 2. The van der Waals surface area contributed by atoms with Gasteiger partial charge in [0, 0.05) is 51.3 Å². The van der Waals surface area contributed by atoms with Crippen LogP contribution in [0.15, 0.2) is 4.99 Å². The van der Waals surface area contributed by atoms with Gasteiger partial charge in [0.05, 0.1) is 5.75 Å². The zero-order chi connectivity index (χ0) is 17.3. The minimum atomic E-state index is -3.16. The van der Waals surface area contributed by atoms with Gasteiger partial charge in [0.1, 0.15) is 0 Å². The van der Waals surface area contributed by atoms with E-state index in [9.17, 15) is 8.42 Å². The molecule has 0 atom stereocenters. The van der Waals surface area contributed by atoms with E-state index in [1.807, 2.05) is 11.8 Å². The fourth-order valence-electron chi connectivity index (χ4n) is 2.99. The number of nitrogens with zero attached hydrogens (tertiary/aromatic N) is 3. The molecule has 9 heteroatoms. The van der Waals surface area contributed by atoms with Gasteiger partial charge in [0.2, 0.25) is 10.0 Å². The number of guanidine groups is 1. The minimum absolute atomic E-state index is 0.116. The summed E-state index contributed by atoms with van der Waals surface area (Å²) in [6, 6.07) is 0. The molecule has 2 N–H and O–H groups in total. The average Bonchev–Trinajstić information content (AvgIpc) is 2.62. The van der Waals surface area contributed by atoms with Crippen LogP contribution in [0.2, 0.25) is 0 Å². The van der Waals surface area contributed by atoms with E-state index in [-0.39, 0.29) is 5.75 Å². The second-order valence-corrected chi connectivity index (χ2v) is 9.47. The van der Waals surface area contributed by atoms with Crippen LogP contribution in [0.1, 0.15) is 19.3 Å². The Balaban J connectivity index is 1.63. The van der Waals surface area contributed by atoms with Crippen LogP contribution >= 0.6 is 11.8 Å². The van der Waals surface area contributed by atoms with Gasteiger partial charge in [-0.15, -0.1) is 0 Å². The summed E-state index contributed by atoms with van der Waals surface area (Å²) in [6.07, 6.45) is 3.93. The quantitative estimate of drug-likeness (QED) is 0.481. The number of thioether (sulfide) groups is 1. The highest BCUT2D eigenvalue weighted by Crippen LogP contribution is 2.13. The molecule has 0 amide bonds. The highest BCUT2D eigenvalue weighted by molar-refractivity contribution is 7.99. The van der Waals surface area contributed by atoms with Gasteiger partial charge < -0.3 is 15.5 Å². The van der Waals surface area contributed by atoms with Crippen molar-refractivity contribution in [1.29, 1.82) is 0 Å². The van der Waals surface area contributed by atoms with E-state index in [0.29, 0.717) is 25.6 Å². The first-order valence-electron chi connectivity index (χ1n) is 8.84. The molecule has 0 saturated carbocycles. The molecule has 2 heterocycles. The fraction of sp³-hybridized carbons (Fsp3) is 0.933. The molecule has 2 fully saturated rings. The molecule has 0 bridgehead atoms. The lowest BCUT2D eigenvalue weighted by Gasteiger charge is -2.27. The van der Waals surface area contributed by atoms with Gasteiger partial charge >= 0.3 is 0 Å². The molecule has 24 heavy (non-hydrogen) atoms. The number of piperidine rings is 1. The van der Waals surface area contributed by atoms with Gasteiger partial charge in [0.25, 0.3) is 0 Å². The minimum Gasteiger partial charge on any atom is -0.355 e. The molecule has 0 unspecified atom stereocenters. The zero-order valence-electron chi connectivity index (χ0n) is 14.7. The van der Waals surface area contributed by atoms with Crippen LogP contribution in [-0.4, -0.2) is 93.7 Å². The molecule has 0 spiro atoms. The highest BCUT2D eigenvalue weighted by atomic mass is 32.2. The number of hydrogen-bond acceptors (Lipinski definition) is 5. The second-order valence-electron chi connectivity index (χ2n) is 6.16. The summed E-state index contributed by atoms with van der Waals surface area (Å²) in [7, 11) is -1.44. The van der Waals surface area contributed by atoms with Gasteiger partial charge in [-0.2, -0.15) is 11.8 Å². The van der Waals surface area contributed by atoms with Crippen molar-refractivity contribution >= 4 is 27.7 Å². The smallest absolute Gasteiger partial charge is 0.215 e. The first-order valence-corrected chi connectivity index (χ1v) is 11.6. The highest BCUT2D eigenvalue weighted by Gasteiger charge is 2.23. The second kappa shape index (κ2) is 10.5. The summed E-state index contributed by atoms with van der Waals surface area (Å²) >= 11 is 1.81. The molecular weight excluding hydrogens is 346 g/mol. The van der Waals surface area contributed by atoms with Crippen LogP contribution in [0, 0.1) is 0 Å². The summed E-state index contributed by atoms with van der Waals surface area (Å²) < 4.78 is 26.2. The number of rotatable bonds is 7. The standard InChI is InChI=1S/C15H31N5O2S2/c1-16-15(17-5-9-19-7-3-2-4-8-19)18-6-14-24(21,22)20-10-12-23-13-11-20/h2-14H2,1H3,(H2,16,17,18). The Morgan fingerprint density at radius 2 is 1.71 bits per heavy atom. The maximum Gasteiger partial charge on any atom is 0.215 e. The predicted molar refractivity (Wildman–Crippen MR) is 102 cm³/mol. The molecule has 2 saturated heterocycles. The first kappa shape index (κ1) is 19.8. The SMILES string of the molecule is CN=C(NCCN1CCCCC1)NCCS(=O)(=O)N1CCSCC1. The van der Waals surface area contributed by atoms with Crippen molar-refractivity contribution in [1.82, 2.24) is 19.8 Å². The van der Waals surface area contributed by atoms with E-state index < -0.39 is 10.0 Å². The van der Waals surface area contributed by atoms with Crippen LogP contribution in [-0.2, 0) is 10.0 Å². The van der Waals surface area contributed by atoms with Crippen LogP contribution in [0.4, 0.5) is 0 Å². The van der Waals surface area contributed by atoms with Crippen LogP contribution in [0.25, 0.3) is 0 Å². The van der Waals surface area contributed by atoms with Gasteiger partial charge in [-0.25, -0.2) is 12.7 Å². The summed E-state index contributed by atoms with van der Waals surface area (Å²) in [4.78, 5) is 6.63. The summed E-state index contributed by atoms with van der Waals surface area (Å²) in [5.41, 5.74) is 0. The molecule has 0 aromatic rings. The van der Waals surface area contributed by atoms with E-state index in [0.717, 1.165) is 24.6 Å². The topological polar surface area (TPSA) is 77.0 Å². The van der Waals surface area contributed by atoms with Crippen LogP contribution in [0.3, 0.4) is 0 Å². The lowest BCUT2D eigenvalue weighted by molar-refractivity contribution is 0.232. The van der Waals surface area contributed by atoms with E-state index in [1.165, 1.54) is 32.4 Å². The van der Waals surface area contributed by atoms with Crippen molar-refractivity contribution in [3.8, 4) is 0 Å². The van der Waals surface area contributed by atoms with Crippen molar-refractivity contribution in [2.75, 3.05) is 70.1 Å². The van der Waals surface area contributed by atoms with Crippen molar-refractivity contribution in [2.45, 2.75) is 19.3 Å². The van der Waals surface area contributed by atoms with Gasteiger partial charge in [0.15, 0.2) is 5.96 Å². The molecule has 0 aromatic heterocycles. The molecule has 7 nitrogen and oxygen atoms in total. The normalized spacial score (nSPS) is 21.6. The third-order valence-corrected chi connectivity index (χ3v) is 7.22. The largest absolute Gasteiger partial charge is 0.355 e. The molecular formula is C15H31N5O2S2. The van der Waals surface area contributed by atoms with Crippen LogP contribution < -0.4 is 10.6 Å². The van der Waals surface area contributed by atoms with Crippen molar-refractivity contribution < 1.29 is 8.42 Å². The average molecular weight is 378 g/mol. The van der Waals surface area contributed by atoms with E-state index in [2.05, 4.69) is 20.5 Å². The van der Waals surface area contributed by atoms with Crippen molar-refractivity contribution in [2.24, 2.45) is 4.99 Å². The maximum absolute atomic E-state index is 12.3. The van der Waals surface area contributed by atoms with E-state index in [1.54, 1.807) is 11.4 Å². The van der Waals surface area contributed by atoms with E-state index >= 15 is 0 Å². The molecule has 0 aromatic carbocycles. The number of sulfonamides is 1. The Morgan fingerprint density at radius 1 is 1.04 bits per heavy atom. The summed E-state index contributed by atoms with van der Waals surface area (Å²) in [6.45, 7) is 5.85. The van der Waals surface area contributed by atoms with Crippen molar-refractivity contribution in [3.63, 3.8) is 0 Å². The maximum atomic E-state index is 12.3. The lowest BCUT2D eigenvalue weighted by atomic mass is 10.1.